The normalized spacial score (nSPS) is 23.4. The van der Waals surface area contributed by atoms with E-state index in [4.69, 9.17) is 4.74 Å². The van der Waals surface area contributed by atoms with Crippen molar-refractivity contribution in [1.82, 2.24) is 14.6 Å². The van der Waals surface area contributed by atoms with Crippen molar-refractivity contribution in [1.29, 1.82) is 0 Å². The topological polar surface area (TPSA) is 72.4 Å². The zero-order valence-corrected chi connectivity index (χ0v) is 13.2. The van der Waals surface area contributed by atoms with Crippen LogP contribution in [0.4, 0.5) is 0 Å². The fraction of sp³-hybridized carbons (Fsp3) is 0.714. The Morgan fingerprint density at radius 1 is 1.38 bits per heavy atom. The Balaban J connectivity index is 1.79. The molecule has 0 radical (unpaired) electrons. The van der Waals surface area contributed by atoms with Crippen LogP contribution in [0.25, 0.3) is 0 Å². The second-order valence-corrected chi connectivity index (χ2v) is 7.59. The first-order valence-electron chi connectivity index (χ1n) is 7.55. The summed E-state index contributed by atoms with van der Waals surface area (Å²) in [6, 6.07) is 2.14. The van der Waals surface area contributed by atoms with E-state index in [0.717, 1.165) is 38.0 Å². The molecule has 1 aromatic rings. The monoisotopic (exact) mass is 313 g/mol. The van der Waals surface area contributed by atoms with Gasteiger partial charge in [-0.2, -0.15) is 0 Å². The molecule has 1 saturated carbocycles. The fourth-order valence-corrected chi connectivity index (χ4v) is 4.08. The molecular weight excluding hydrogens is 290 g/mol. The lowest BCUT2D eigenvalue weighted by Crippen LogP contribution is -2.40. The van der Waals surface area contributed by atoms with Crippen LogP contribution in [-0.4, -0.2) is 39.3 Å². The number of nitrogens with one attached hydrogen (secondary N) is 2. The molecule has 1 atom stereocenters. The third-order valence-corrected chi connectivity index (χ3v) is 5.48. The lowest BCUT2D eigenvalue weighted by molar-refractivity contribution is 0.0774. The molecule has 7 heteroatoms. The van der Waals surface area contributed by atoms with Crippen LogP contribution in [0.15, 0.2) is 17.2 Å². The third-order valence-electron chi connectivity index (χ3n) is 4.00. The van der Waals surface area contributed by atoms with Gasteiger partial charge in [-0.25, -0.2) is 13.1 Å². The van der Waals surface area contributed by atoms with Gasteiger partial charge in [0.2, 0.25) is 10.0 Å². The molecule has 6 nitrogen and oxygen atoms in total. The van der Waals surface area contributed by atoms with Crippen molar-refractivity contribution in [2.45, 2.75) is 49.2 Å². The fourth-order valence-electron chi connectivity index (χ4n) is 2.78. The lowest BCUT2D eigenvalue weighted by atomic mass is 10.1. The van der Waals surface area contributed by atoms with Gasteiger partial charge in [0.25, 0.3) is 0 Å². The number of sulfonamides is 1. The van der Waals surface area contributed by atoms with E-state index in [1.807, 2.05) is 7.05 Å². The van der Waals surface area contributed by atoms with Gasteiger partial charge in [-0.05, 0) is 38.8 Å². The van der Waals surface area contributed by atoms with Gasteiger partial charge in [0.1, 0.15) is 0 Å². The van der Waals surface area contributed by atoms with Crippen molar-refractivity contribution < 1.29 is 13.2 Å². The van der Waals surface area contributed by atoms with Crippen molar-refractivity contribution in [3.05, 3.63) is 18.0 Å². The molecule has 1 unspecified atom stereocenters. The van der Waals surface area contributed by atoms with Crippen LogP contribution < -0.4 is 10.0 Å². The zero-order chi connectivity index (χ0) is 14.9. The molecule has 3 rings (SSSR count). The number of ether oxygens (including phenoxy) is 1. The second-order valence-electron chi connectivity index (χ2n) is 5.87. The van der Waals surface area contributed by atoms with Crippen molar-refractivity contribution in [3.8, 4) is 0 Å². The van der Waals surface area contributed by atoms with Gasteiger partial charge < -0.3 is 14.6 Å². The summed E-state index contributed by atoms with van der Waals surface area (Å²) in [5.41, 5.74) is 1.03. The zero-order valence-electron chi connectivity index (χ0n) is 12.3. The Morgan fingerprint density at radius 3 is 2.81 bits per heavy atom. The van der Waals surface area contributed by atoms with E-state index in [2.05, 4.69) is 14.6 Å². The Morgan fingerprint density at radius 2 is 2.19 bits per heavy atom. The number of rotatable bonds is 6. The van der Waals surface area contributed by atoms with Crippen molar-refractivity contribution in [2.75, 3.05) is 20.3 Å². The molecule has 0 bridgehead atoms. The maximum atomic E-state index is 12.5. The number of aromatic nitrogens is 1. The lowest BCUT2D eigenvalue weighted by Gasteiger charge is -2.22. The highest BCUT2D eigenvalue weighted by atomic mass is 32.2. The maximum absolute atomic E-state index is 12.5. The van der Waals surface area contributed by atoms with Crippen LogP contribution in [0, 0.1) is 0 Å². The molecule has 21 heavy (non-hydrogen) atoms. The maximum Gasteiger partial charge on any atom is 0.242 e. The van der Waals surface area contributed by atoms with Gasteiger partial charge in [0.15, 0.2) is 0 Å². The summed E-state index contributed by atoms with van der Waals surface area (Å²) < 4.78 is 35.2. The van der Waals surface area contributed by atoms with Gasteiger partial charge in [0, 0.05) is 37.1 Å². The van der Waals surface area contributed by atoms with Crippen molar-refractivity contribution >= 4 is 10.0 Å². The Hall–Kier alpha value is -0.890. The van der Waals surface area contributed by atoms with Gasteiger partial charge in [-0.3, -0.25) is 0 Å². The van der Waals surface area contributed by atoms with E-state index in [1.54, 1.807) is 12.3 Å². The number of nitrogens with zero attached hydrogens (tertiary/aromatic N) is 1. The SMILES string of the molecule is CNCc1cc(S(=O)(=O)NC2CCCOC2)cn1C1CC1. The first kappa shape index (κ1) is 15.0. The largest absolute Gasteiger partial charge is 0.380 e. The summed E-state index contributed by atoms with van der Waals surface area (Å²) >= 11 is 0. The highest BCUT2D eigenvalue weighted by Gasteiger charge is 2.29. The van der Waals surface area contributed by atoms with Crippen molar-refractivity contribution in [3.63, 3.8) is 0 Å². The molecule has 1 saturated heterocycles. The molecule has 2 N–H and O–H groups in total. The molecule has 118 valence electrons. The first-order chi connectivity index (χ1) is 10.1. The first-order valence-corrected chi connectivity index (χ1v) is 9.04. The molecule has 0 spiro atoms. The molecule has 1 aromatic heterocycles. The van der Waals surface area contributed by atoms with Crippen LogP contribution in [0.3, 0.4) is 0 Å². The minimum absolute atomic E-state index is 0.110. The number of hydrogen-bond acceptors (Lipinski definition) is 4. The molecule has 0 aromatic carbocycles. The van der Waals surface area contributed by atoms with E-state index >= 15 is 0 Å². The molecule has 0 amide bonds. The molecule has 1 aliphatic carbocycles. The molecule has 2 aliphatic rings. The van der Waals surface area contributed by atoms with E-state index in [0.29, 0.717) is 24.1 Å². The quantitative estimate of drug-likeness (QED) is 0.822. The van der Waals surface area contributed by atoms with Gasteiger partial charge in [-0.1, -0.05) is 0 Å². The Bertz CT molecular complexity index is 587. The van der Waals surface area contributed by atoms with Crippen LogP contribution in [0.5, 0.6) is 0 Å². The van der Waals surface area contributed by atoms with Crippen LogP contribution in [0.1, 0.15) is 37.4 Å². The third kappa shape index (κ3) is 3.48. The van der Waals surface area contributed by atoms with Crippen LogP contribution in [-0.2, 0) is 21.3 Å². The summed E-state index contributed by atoms with van der Waals surface area (Å²) in [7, 11) is -1.59. The standard InChI is InChI=1S/C14H23N3O3S/c1-15-8-13-7-14(9-17(13)12-4-5-12)21(18,19)16-11-3-2-6-20-10-11/h7,9,11-12,15-16H,2-6,8,10H2,1H3. The van der Waals surface area contributed by atoms with Crippen LogP contribution >= 0.6 is 0 Å². The van der Waals surface area contributed by atoms with Crippen molar-refractivity contribution in [2.24, 2.45) is 0 Å². The Kier molecular flexibility index (Phi) is 4.35. The second kappa shape index (κ2) is 6.08. The average molecular weight is 313 g/mol. The van der Waals surface area contributed by atoms with Gasteiger partial charge in [-0.15, -0.1) is 0 Å². The molecule has 1 aliphatic heterocycles. The minimum Gasteiger partial charge on any atom is -0.380 e. The van der Waals surface area contributed by atoms with E-state index in [-0.39, 0.29) is 6.04 Å². The molecular formula is C14H23N3O3S. The summed E-state index contributed by atoms with van der Waals surface area (Å²) in [5, 5.41) is 3.10. The van der Waals surface area contributed by atoms with Gasteiger partial charge >= 0.3 is 0 Å². The molecule has 2 heterocycles. The summed E-state index contributed by atoms with van der Waals surface area (Å²) in [4.78, 5) is 0.366. The summed E-state index contributed by atoms with van der Waals surface area (Å²) in [6.07, 6.45) is 5.78. The van der Waals surface area contributed by atoms with Crippen LogP contribution in [0.2, 0.25) is 0 Å². The molecule has 2 fully saturated rings. The highest BCUT2D eigenvalue weighted by Crippen LogP contribution is 2.37. The van der Waals surface area contributed by atoms with E-state index < -0.39 is 10.0 Å². The predicted molar refractivity (Wildman–Crippen MR) is 79.6 cm³/mol. The van der Waals surface area contributed by atoms with Gasteiger partial charge in [0.05, 0.1) is 11.5 Å². The predicted octanol–water partition coefficient (Wildman–Crippen LogP) is 1.000. The summed E-state index contributed by atoms with van der Waals surface area (Å²) in [6.45, 7) is 1.87. The van der Waals surface area contributed by atoms with E-state index in [9.17, 15) is 8.42 Å². The highest BCUT2D eigenvalue weighted by molar-refractivity contribution is 7.89. The Labute approximate surface area is 125 Å². The minimum atomic E-state index is -3.46. The average Bonchev–Trinajstić information content (AvgIpc) is 3.21. The summed E-state index contributed by atoms with van der Waals surface area (Å²) in [5.74, 6) is 0. The van der Waals surface area contributed by atoms with E-state index in [1.165, 1.54) is 0 Å². The number of hydrogen-bond donors (Lipinski definition) is 2. The smallest absolute Gasteiger partial charge is 0.242 e.